The molecule has 0 amide bonds. The van der Waals surface area contributed by atoms with E-state index in [2.05, 4.69) is 4.98 Å². The van der Waals surface area contributed by atoms with Crippen molar-refractivity contribution < 1.29 is 18.3 Å². The average molecular weight is 337 g/mol. The van der Waals surface area contributed by atoms with Gasteiger partial charge in [0.2, 0.25) is 0 Å². The van der Waals surface area contributed by atoms with E-state index in [0.717, 1.165) is 22.0 Å². The van der Waals surface area contributed by atoms with E-state index in [1.165, 1.54) is 17.4 Å². The van der Waals surface area contributed by atoms with Crippen LogP contribution in [-0.4, -0.2) is 11.0 Å². The fourth-order valence-electron chi connectivity index (χ4n) is 1.73. The highest BCUT2D eigenvalue weighted by Crippen LogP contribution is 2.28. The smallest absolute Gasteiger partial charge is 0.338 e. The minimum atomic E-state index is -1.08. The van der Waals surface area contributed by atoms with Crippen molar-refractivity contribution in [1.29, 1.82) is 0 Å². The summed E-state index contributed by atoms with van der Waals surface area (Å²) in [5, 5.41) is 4.61. The zero-order chi connectivity index (χ0) is 15.5. The van der Waals surface area contributed by atoms with Crippen LogP contribution in [0.5, 0.6) is 0 Å². The first-order valence-corrected chi connectivity index (χ1v) is 8.00. The van der Waals surface area contributed by atoms with Gasteiger partial charge < -0.3 is 4.74 Å². The zero-order valence-electron chi connectivity index (χ0n) is 11.1. The SMILES string of the molecule is O=C(OCc1csc(-c2cccs2)n1)c1ccc(F)c(F)c1. The Morgan fingerprint density at radius 2 is 2.05 bits per heavy atom. The number of hydrogen-bond donors (Lipinski definition) is 0. The predicted octanol–water partition coefficient (Wildman–Crippen LogP) is 4.51. The molecule has 22 heavy (non-hydrogen) atoms. The van der Waals surface area contributed by atoms with E-state index in [0.29, 0.717) is 5.69 Å². The second kappa shape index (κ2) is 6.33. The molecule has 0 spiro atoms. The number of ether oxygens (including phenoxy) is 1. The second-order valence-corrected chi connectivity index (χ2v) is 6.13. The second-order valence-electron chi connectivity index (χ2n) is 4.33. The Hall–Kier alpha value is -2.12. The van der Waals surface area contributed by atoms with Gasteiger partial charge in [-0.1, -0.05) is 6.07 Å². The highest BCUT2D eigenvalue weighted by molar-refractivity contribution is 7.20. The molecule has 0 unspecified atom stereocenters. The van der Waals surface area contributed by atoms with E-state index in [4.69, 9.17) is 4.74 Å². The van der Waals surface area contributed by atoms with Crippen molar-refractivity contribution in [1.82, 2.24) is 4.98 Å². The van der Waals surface area contributed by atoms with Gasteiger partial charge in [-0.3, -0.25) is 0 Å². The number of aromatic nitrogens is 1. The summed E-state index contributed by atoms with van der Waals surface area (Å²) in [6, 6.07) is 6.78. The molecule has 1 aromatic carbocycles. The van der Waals surface area contributed by atoms with Crippen LogP contribution in [0.2, 0.25) is 0 Å². The normalized spacial score (nSPS) is 10.6. The van der Waals surface area contributed by atoms with Crippen LogP contribution in [0.15, 0.2) is 41.1 Å². The summed E-state index contributed by atoms with van der Waals surface area (Å²) in [4.78, 5) is 17.2. The molecule has 3 aromatic rings. The number of nitrogens with zero attached hydrogens (tertiary/aromatic N) is 1. The van der Waals surface area contributed by atoms with Gasteiger partial charge in [0.25, 0.3) is 0 Å². The summed E-state index contributed by atoms with van der Waals surface area (Å²) in [7, 11) is 0. The van der Waals surface area contributed by atoms with Gasteiger partial charge in [-0.2, -0.15) is 0 Å². The van der Waals surface area contributed by atoms with E-state index < -0.39 is 17.6 Å². The number of carbonyl (C=O) groups is 1. The van der Waals surface area contributed by atoms with Crippen molar-refractivity contribution in [3.05, 3.63) is 64.0 Å². The third kappa shape index (κ3) is 3.20. The lowest BCUT2D eigenvalue weighted by Gasteiger charge is -2.03. The van der Waals surface area contributed by atoms with Gasteiger partial charge in [-0.15, -0.1) is 22.7 Å². The van der Waals surface area contributed by atoms with Crippen molar-refractivity contribution in [3.8, 4) is 9.88 Å². The minimum Gasteiger partial charge on any atom is -0.456 e. The molecule has 2 aromatic heterocycles. The standard InChI is InChI=1S/C15H9F2NO2S2/c16-11-4-3-9(6-12(11)17)15(19)20-7-10-8-22-14(18-10)13-2-1-5-21-13/h1-6,8H,7H2. The van der Waals surface area contributed by atoms with Gasteiger partial charge in [0.1, 0.15) is 11.6 Å². The molecule has 0 N–H and O–H groups in total. The van der Waals surface area contributed by atoms with E-state index in [1.54, 1.807) is 16.7 Å². The molecule has 0 aliphatic heterocycles. The van der Waals surface area contributed by atoms with Crippen molar-refractivity contribution in [2.75, 3.05) is 0 Å². The quantitative estimate of drug-likeness (QED) is 0.658. The van der Waals surface area contributed by atoms with Crippen molar-refractivity contribution in [2.45, 2.75) is 6.61 Å². The molecule has 112 valence electrons. The summed E-state index contributed by atoms with van der Waals surface area (Å²) in [5.41, 5.74) is 0.581. The molecule has 0 aliphatic carbocycles. The summed E-state index contributed by atoms with van der Waals surface area (Å²) in [5.74, 6) is -2.80. The Morgan fingerprint density at radius 1 is 1.18 bits per heavy atom. The minimum absolute atomic E-state index is 0.0142. The maximum absolute atomic E-state index is 13.1. The fourth-order valence-corrected chi connectivity index (χ4v) is 3.35. The van der Waals surface area contributed by atoms with Gasteiger partial charge >= 0.3 is 5.97 Å². The topological polar surface area (TPSA) is 39.2 Å². The Kier molecular flexibility index (Phi) is 4.26. The number of halogens is 2. The molecule has 0 aliphatic rings. The van der Waals surface area contributed by atoms with Crippen LogP contribution < -0.4 is 0 Å². The Balaban J connectivity index is 1.65. The van der Waals surface area contributed by atoms with Crippen LogP contribution in [0.25, 0.3) is 9.88 Å². The molecule has 7 heteroatoms. The highest BCUT2D eigenvalue weighted by Gasteiger charge is 2.12. The number of thiophene rings is 1. The summed E-state index contributed by atoms with van der Waals surface area (Å²) >= 11 is 3.03. The first kappa shape index (κ1) is 14.8. The van der Waals surface area contributed by atoms with E-state index in [-0.39, 0.29) is 12.2 Å². The molecule has 0 radical (unpaired) electrons. The molecule has 0 bridgehead atoms. The maximum Gasteiger partial charge on any atom is 0.338 e. The number of rotatable bonds is 4. The van der Waals surface area contributed by atoms with Gasteiger partial charge in [-0.25, -0.2) is 18.6 Å². The summed E-state index contributed by atoms with van der Waals surface area (Å²) in [6.45, 7) is -0.0142. The number of hydrogen-bond acceptors (Lipinski definition) is 5. The van der Waals surface area contributed by atoms with Crippen LogP contribution in [0, 0.1) is 11.6 Å². The van der Waals surface area contributed by atoms with Crippen molar-refractivity contribution in [2.24, 2.45) is 0 Å². The number of esters is 1. The first-order chi connectivity index (χ1) is 10.6. The number of benzene rings is 1. The highest BCUT2D eigenvalue weighted by atomic mass is 32.1. The Labute approximate surface area is 132 Å². The lowest BCUT2D eigenvalue weighted by molar-refractivity contribution is 0.0468. The van der Waals surface area contributed by atoms with E-state index >= 15 is 0 Å². The molecule has 0 fully saturated rings. The van der Waals surface area contributed by atoms with E-state index in [1.807, 2.05) is 17.5 Å². The lowest BCUT2D eigenvalue weighted by Crippen LogP contribution is -2.06. The van der Waals surface area contributed by atoms with E-state index in [9.17, 15) is 13.6 Å². The monoisotopic (exact) mass is 337 g/mol. The lowest BCUT2D eigenvalue weighted by atomic mass is 10.2. The number of carbonyl (C=O) groups excluding carboxylic acids is 1. The third-order valence-corrected chi connectivity index (χ3v) is 4.72. The fraction of sp³-hybridized carbons (Fsp3) is 0.0667. The Morgan fingerprint density at radius 3 is 2.77 bits per heavy atom. The molecule has 3 nitrogen and oxygen atoms in total. The molecule has 0 atom stereocenters. The van der Waals surface area contributed by atoms with Gasteiger partial charge in [0.05, 0.1) is 16.1 Å². The third-order valence-electron chi connectivity index (χ3n) is 2.79. The van der Waals surface area contributed by atoms with Crippen molar-refractivity contribution in [3.63, 3.8) is 0 Å². The summed E-state index contributed by atoms with van der Waals surface area (Å²) < 4.78 is 30.9. The summed E-state index contributed by atoms with van der Waals surface area (Å²) in [6.07, 6.45) is 0. The molecule has 2 heterocycles. The first-order valence-electron chi connectivity index (χ1n) is 6.24. The van der Waals surface area contributed by atoms with Crippen LogP contribution in [0.1, 0.15) is 16.1 Å². The Bertz CT molecular complexity index is 800. The largest absolute Gasteiger partial charge is 0.456 e. The zero-order valence-corrected chi connectivity index (χ0v) is 12.7. The predicted molar refractivity (Wildman–Crippen MR) is 80.9 cm³/mol. The average Bonchev–Trinajstić information content (AvgIpc) is 3.18. The van der Waals surface area contributed by atoms with Gasteiger partial charge in [0, 0.05) is 5.38 Å². The van der Waals surface area contributed by atoms with Crippen LogP contribution >= 0.6 is 22.7 Å². The molecule has 0 saturated carbocycles. The van der Waals surface area contributed by atoms with Gasteiger partial charge in [-0.05, 0) is 29.6 Å². The van der Waals surface area contributed by atoms with Crippen molar-refractivity contribution >= 4 is 28.6 Å². The van der Waals surface area contributed by atoms with Crippen LogP contribution in [0.3, 0.4) is 0 Å². The molecule has 3 rings (SSSR count). The van der Waals surface area contributed by atoms with Crippen LogP contribution in [0.4, 0.5) is 8.78 Å². The molecular formula is C15H9F2NO2S2. The molecular weight excluding hydrogens is 328 g/mol. The number of thiazole rings is 1. The molecule has 0 saturated heterocycles. The maximum atomic E-state index is 13.1. The van der Waals surface area contributed by atoms with Crippen LogP contribution in [-0.2, 0) is 11.3 Å². The van der Waals surface area contributed by atoms with Gasteiger partial charge in [0.15, 0.2) is 11.6 Å².